The van der Waals surface area contributed by atoms with E-state index in [1.165, 1.54) is 10.4 Å². The number of nitrogens with zero attached hydrogens (tertiary/aromatic N) is 6. The lowest BCUT2D eigenvalue weighted by Gasteiger charge is -2.45. The van der Waals surface area contributed by atoms with Crippen LogP contribution in [0.15, 0.2) is 127 Å². The Morgan fingerprint density at radius 1 is 0.746 bits per heavy atom. The van der Waals surface area contributed by atoms with E-state index in [0.29, 0.717) is 58.4 Å². The third kappa shape index (κ3) is 11.1. The average Bonchev–Trinajstić information content (AvgIpc) is 3.31. The van der Waals surface area contributed by atoms with E-state index in [1.807, 2.05) is 58.0 Å². The molecule has 67 heavy (non-hydrogen) atoms. The summed E-state index contributed by atoms with van der Waals surface area (Å²) >= 11 is 0. The highest BCUT2D eigenvalue weighted by molar-refractivity contribution is 6.99. The van der Waals surface area contributed by atoms with Crippen molar-refractivity contribution in [1.82, 2.24) is 19.8 Å². The van der Waals surface area contributed by atoms with E-state index in [-0.39, 0.29) is 17.2 Å². The molecule has 0 aliphatic carbocycles. The Bertz CT molecular complexity index is 2550. The van der Waals surface area contributed by atoms with Crippen LogP contribution in [0.1, 0.15) is 64.8 Å². The van der Waals surface area contributed by atoms with Gasteiger partial charge in [0.05, 0.1) is 18.3 Å². The monoisotopic (exact) mass is 921 g/mol. The van der Waals surface area contributed by atoms with Crippen LogP contribution < -0.4 is 29.6 Å². The Morgan fingerprint density at radius 2 is 1.40 bits per heavy atom. The van der Waals surface area contributed by atoms with Gasteiger partial charge >= 0.3 is 12.1 Å². The summed E-state index contributed by atoms with van der Waals surface area (Å²) in [5.41, 5.74) is 3.64. The molecule has 8 rings (SSSR count). The number of aromatic nitrogens is 2. The van der Waals surface area contributed by atoms with Crippen molar-refractivity contribution in [2.24, 2.45) is 0 Å². The minimum absolute atomic E-state index is 0.182. The number of benzene rings is 5. The second-order valence-corrected chi connectivity index (χ2v) is 24.4. The quantitative estimate of drug-likeness (QED) is 0.0930. The molecule has 1 amide bonds. The second kappa shape index (κ2) is 20.5. The number of ether oxygens (including phenoxy) is 3. The highest BCUT2D eigenvalue weighted by Gasteiger charge is 2.50. The van der Waals surface area contributed by atoms with Crippen LogP contribution in [-0.4, -0.2) is 106 Å². The fourth-order valence-corrected chi connectivity index (χ4v) is 14.1. The molecule has 1 saturated heterocycles. The highest BCUT2D eigenvalue weighted by Crippen LogP contribution is 2.39. The lowest BCUT2D eigenvalue weighted by Crippen LogP contribution is -2.67. The molecular formula is C55H68N6O5Si. The van der Waals surface area contributed by atoms with E-state index < -0.39 is 13.9 Å². The van der Waals surface area contributed by atoms with Crippen molar-refractivity contribution in [2.45, 2.75) is 84.2 Å². The van der Waals surface area contributed by atoms with Crippen LogP contribution in [0, 0.1) is 0 Å². The lowest BCUT2D eigenvalue weighted by atomic mass is 10.0. The van der Waals surface area contributed by atoms with Crippen molar-refractivity contribution in [3.8, 4) is 11.8 Å². The summed E-state index contributed by atoms with van der Waals surface area (Å²) < 4.78 is 26.3. The molecule has 0 unspecified atom stereocenters. The number of fused-ring (bicyclic) bond motifs is 2. The molecule has 1 atom stereocenters. The first-order valence-electron chi connectivity index (χ1n) is 23.8. The number of carbonyl (C=O) groups is 1. The van der Waals surface area contributed by atoms with Crippen molar-refractivity contribution in [1.29, 1.82) is 0 Å². The van der Waals surface area contributed by atoms with E-state index >= 15 is 0 Å². The molecule has 0 radical (unpaired) electrons. The van der Waals surface area contributed by atoms with Gasteiger partial charge in [-0.05, 0) is 80.1 Å². The molecule has 12 heteroatoms. The number of piperazine rings is 1. The number of amides is 1. The zero-order valence-electron chi connectivity index (χ0n) is 40.7. The molecule has 0 saturated carbocycles. The van der Waals surface area contributed by atoms with E-state index in [9.17, 15) is 4.79 Å². The largest absolute Gasteiger partial charge is 0.489 e. The SMILES string of the molecule is CN(C)CCOc1nc2c(c(N3CCN(C(=O)OC(C)(C)C)[C@@H](CCO[Si](c4ccccc4)(c4ccccc4)C(C)(C)C)C3)n1)CCN(c1cc(OCc3ccccc3)cc3ccccc13)C2. The Balaban J connectivity index is 1.11. The summed E-state index contributed by atoms with van der Waals surface area (Å²) in [6.07, 6.45) is 1.04. The fraction of sp³-hybridized carbons (Fsp3) is 0.400. The molecule has 2 aliphatic rings. The molecule has 2 aliphatic heterocycles. The first-order valence-corrected chi connectivity index (χ1v) is 25.7. The average molecular weight is 921 g/mol. The molecule has 0 bridgehead atoms. The normalized spacial score (nSPS) is 15.7. The zero-order chi connectivity index (χ0) is 47.2. The Morgan fingerprint density at radius 3 is 2.06 bits per heavy atom. The van der Waals surface area contributed by atoms with Gasteiger partial charge in [-0.25, -0.2) is 4.79 Å². The van der Waals surface area contributed by atoms with E-state index in [2.05, 4.69) is 145 Å². The molecule has 0 spiro atoms. The summed E-state index contributed by atoms with van der Waals surface area (Å²) in [5.74, 6) is 1.70. The van der Waals surface area contributed by atoms with E-state index in [1.54, 1.807) is 0 Å². The summed E-state index contributed by atoms with van der Waals surface area (Å²) in [7, 11) is 1.24. The molecular weight excluding hydrogens is 853 g/mol. The van der Waals surface area contributed by atoms with Crippen LogP contribution in [-0.2, 0) is 28.7 Å². The van der Waals surface area contributed by atoms with Gasteiger partial charge in [-0.1, -0.05) is 136 Å². The molecule has 1 aromatic heterocycles. The predicted octanol–water partition coefficient (Wildman–Crippen LogP) is 9.10. The van der Waals surface area contributed by atoms with Crippen molar-refractivity contribution >= 4 is 47.1 Å². The zero-order valence-corrected chi connectivity index (χ0v) is 41.7. The third-order valence-electron chi connectivity index (χ3n) is 12.8. The third-order valence-corrected chi connectivity index (χ3v) is 17.8. The van der Waals surface area contributed by atoms with Crippen molar-refractivity contribution < 1.29 is 23.4 Å². The van der Waals surface area contributed by atoms with Crippen LogP contribution >= 0.6 is 0 Å². The molecule has 352 valence electrons. The summed E-state index contributed by atoms with van der Waals surface area (Å²) in [6, 6.07) is 44.7. The Labute approximate surface area is 398 Å². The molecule has 0 N–H and O–H groups in total. The van der Waals surface area contributed by atoms with Crippen LogP contribution in [0.2, 0.25) is 5.04 Å². The fourth-order valence-electron chi connectivity index (χ4n) is 9.55. The first-order chi connectivity index (χ1) is 32.2. The number of hydrogen-bond acceptors (Lipinski definition) is 10. The van der Waals surface area contributed by atoms with Gasteiger partial charge in [0.1, 0.15) is 30.4 Å². The number of anilines is 2. The molecule has 3 heterocycles. The van der Waals surface area contributed by atoms with Gasteiger partial charge in [0.2, 0.25) is 0 Å². The molecule has 11 nitrogen and oxygen atoms in total. The maximum Gasteiger partial charge on any atom is 0.410 e. The number of hydrogen-bond donors (Lipinski definition) is 0. The lowest BCUT2D eigenvalue weighted by molar-refractivity contribution is 0.0117. The van der Waals surface area contributed by atoms with Gasteiger partial charge in [0.25, 0.3) is 8.32 Å². The van der Waals surface area contributed by atoms with Gasteiger partial charge < -0.3 is 38.2 Å². The standard InChI is InChI=1S/C55H68N6O5Si/c1-54(2,3)66-53(62)61-32-31-60(38-43(61)29-34-65-67(55(4,5)6,45-23-14-10-15-24-45)46-25-16-11-17-26-46)51-48-28-30-59(39-49(48)56-52(57-51)63-35-33-58(7)8)50-37-44(36-42-22-18-19-27-47(42)50)64-40-41-20-12-9-13-21-41/h9-27,36-37,43H,28-35,38-40H2,1-8H3/t43-/m0/s1. The summed E-state index contributed by atoms with van der Waals surface area (Å²) in [4.78, 5) is 33.2. The minimum Gasteiger partial charge on any atom is -0.489 e. The maximum atomic E-state index is 14.1. The van der Waals surface area contributed by atoms with E-state index in [0.717, 1.165) is 64.4 Å². The van der Waals surface area contributed by atoms with Crippen molar-refractivity contribution in [3.63, 3.8) is 0 Å². The molecule has 6 aromatic rings. The van der Waals surface area contributed by atoms with E-state index in [4.69, 9.17) is 28.6 Å². The van der Waals surface area contributed by atoms with Gasteiger partial charge in [0, 0.05) is 62.0 Å². The number of likely N-dealkylation sites (N-methyl/N-ethyl adjacent to an activating group) is 1. The highest BCUT2D eigenvalue weighted by atomic mass is 28.4. The Kier molecular flexibility index (Phi) is 14.5. The molecule has 1 fully saturated rings. The van der Waals surface area contributed by atoms with Gasteiger partial charge in [0.15, 0.2) is 0 Å². The maximum absolute atomic E-state index is 14.1. The smallest absolute Gasteiger partial charge is 0.410 e. The predicted molar refractivity (Wildman–Crippen MR) is 273 cm³/mol. The topological polar surface area (TPSA) is 92.7 Å². The van der Waals surface area contributed by atoms with Gasteiger partial charge in [-0.3, -0.25) is 0 Å². The van der Waals surface area contributed by atoms with Crippen LogP contribution in [0.3, 0.4) is 0 Å². The molecule has 5 aromatic carbocycles. The Hall–Kier alpha value is -5.95. The van der Waals surface area contributed by atoms with Crippen molar-refractivity contribution in [3.05, 3.63) is 144 Å². The van der Waals surface area contributed by atoms with Crippen LogP contribution in [0.4, 0.5) is 16.3 Å². The van der Waals surface area contributed by atoms with Crippen LogP contribution in [0.25, 0.3) is 10.8 Å². The number of rotatable bonds is 15. The van der Waals surface area contributed by atoms with Crippen molar-refractivity contribution in [2.75, 3.05) is 69.8 Å². The summed E-state index contributed by atoms with van der Waals surface area (Å²) in [5, 5.41) is 4.56. The number of carbonyl (C=O) groups excluding carboxylic acids is 1. The minimum atomic E-state index is -2.83. The summed E-state index contributed by atoms with van der Waals surface area (Å²) in [6.45, 7) is 17.7. The first kappa shape index (κ1) is 47.5. The van der Waals surface area contributed by atoms with Gasteiger partial charge in [-0.2, -0.15) is 9.97 Å². The second-order valence-electron chi connectivity index (χ2n) is 20.1. The van der Waals surface area contributed by atoms with Gasteiger partial charge in [-0.15, -0.1) is 0 Å². The van der Waals surface area contributed by atoms with Crippen LogP contribution in [0.5, 0.6) is 11.8 Å².